The zero-order valence-electron chi connectivity index (χ0n) is 15.4. The molecule has 0 fully saturated rings. The molecule has 0 saturated heterocycles. The number of rotatable bonds is 8. The van der Waals surface area contributed by atoms with E-state index in [1.54, 1.807) is 0 Å². The lowest BCUT2D eigenvalue weighted by atomic mass is 10.0. The average molecular weight is 369 g/mol. The average Bonchev–Trinajstić information content (AvgIpc) is 2.72. The highest BCUT2D eigenvalue weighted by molar-refractivity contribution is 5.86. The third kappa shape index (κ3) is 6.26. The van der Waals surface area contributed by atoms with Crippen molar-refractivity contribution < 1.29 is 23.9 Å². The molecule has 27 heavy (non-hydrogen) atoms. The van der Waals surface area contributed by atoms with Gasteiger partial charge in [-0.25, -0.2) is 4.79 Å². The summed E-state index contributed by atoms with van der Waals surface area (Å²) in [6.07, 6.45) is 0.209. The summed E-state index contributed by atoms with van der Waals surface area (Å²) in [5.41, 5.74) is 3.05. The Hall–Kier alpha value is -3.15. The molecular formula is C21H23NO5. The van der Waals surface area contributed by atoms with E-state index in [0.29, 0.717) is 6.42 Å². The zero-order valence-corrected chi connectivity index (χ0v) is 15.4. The van der Waals surface area contributed by atoms with Crippen molar-refractivity contribution >= 4 is 17.8 Å². The van der Waals surface area contributed by atoms with Crippen LogP contribution in [0.15, 0.2) is 54.6 Å². The number of hydrogen-bond acceptors (Lipinski definition) is 5. The van der Waals surface area contributed by atoms with Gasteiger partial charge in [-0.05, 0) is 16.7 Å². The van der Waals surface area contributed by atoms with Gasteiger partial charge < -0.3 is 14.8 Å². The summed E-state index contributed by atoms with van der Waals surface area (Å²) < 4.78 is 9.29. The van der Waals surface area contributed by atoms with Crippen molar-refractivity contribution in [2.24, 2.45) is 0 Å². The van der Waals surface area contributed by atoms with Crippen LogP contribution in [0.4, 0.5) is 0 Å². The molecule has 0 aliphatic rings. The molecule has 1 amide bonds. The van der Waals surface area contributed by atoms with Gasteiger partial charge in [0.15, 0.2) is 0 Å². The van der Waals surface area contributed by atoms with E-state index in [-0.39, 0.29) is 12.8 Å². The normalized spacial score (nSPS) is 11.3. The highest BCUT2D eigenvalue weighted by Gasteiger charge is 2.22. The van der Waals surface area contributed by atoms with E-state index in [1.165, 1.54) is 14.2 Å². The van der Waals surface area contributed by atoms with Gasteiger partial charge in [0.2, 0.25) is 5.91 Å². The summed E-state index contributed by atoms with van der Waals surface area (Å²) in [7, 11) is 2.53. The van der Waals surface area contributed by atoms with Crippen molar-refractivity contribution in [2.75, 3.05) is 14.2 Å². The van der Waals surface area contributed by atoms with Gasteiger partial charge in [-0.3, -0.25) is 9.59 Å². The fourth-order valence-electron chi connectivity index (χ4n) is 2.62. The maximum Gasteiger partial charge on any atom is 0.328 e. The van der Waals surface area contributed by atoms with Crippen LogP contribution in [0.2, 0.25) is 0 Å². The van der Waals surface area contributed by atoms with Gasteiger partial charge >= 0.3 is 11.9 Å². The van der Waals surface area contributed by atoms with E-state index in [4.69, 9.17) is 4.74 Å². The molecule has 2 aromatic rings. The second-order valence-corrected chi connectivity index (χ2v) is 5.99. The molecule has 0 heterocycles. The number of hydrogen-bond donors (Lipinski definition) is 1. The molecule has 2 aromatic carbocycles. The van der Waals surface area contributed by atoms with Crippen LogP contribution in [0.1, 0.15) is 18.4 Å². The van der Waals surface area contributed by atoms with Gasteiger partial charge in [0.25, 0.3) is 0 Å². The first-order chi connectivity index (χ1) is 13.0. The summed E-state index contributed by atoms with van der Waals surface area (Å²) >= 11 is 0. The lowest BCUT2D eigenvalue weighted by molar-refractivity contribution is -0.145. The molecule has 0 unspecified atom stereocenters. The third-order valence-corrected chi connectivity index (χ3v) is 4.11. The predicted molar refractivity (Wildman–Crippen MR) is 101 cm³/mol. The molecule has 0 bridgehead atoms. The lowest BCUT2D eigenvalue weighted by Crippen LogP contribution is -2.43. The Balaban J connectivity index is 2.02. The summed E-state index contributed by atoms with van der Waals surface area (Å²) in [6, 6.07) is 16.9. The van der Waals surface area contributed by atoms with Crippen LogP contribution < -0.4 is 5.32 Å². The minimum atomic E-state index is -0.817. The summed E-state index contributed by atoms with van der Waals surface area (Å²) in [4.78, 5) is 35.1. The highest BCUT2D eigenvalue weighted by Crippen LogP contribution is 2.19. The van der Waals surface area contributed by atoms with Crippen LogP contribution in [0.25, 0.3) is 11.1 Å². The lowest BCUT2D eigenvalue weighted by Gasteiger charge is -2.17. The second-order valence-electron chi connectivity index (χ2n) is 5.99. The Bertz CT molecular complexity index is 771. The quantitative estimate of drug-likeness (QED) is 0.723. The summed E-state index contributed by atoms with van der Waals surface area (Å²) in [5.74, 6) is -1.42. The first-order valence-corrected chi connectivity index (χ1v) is 8.62. The molecule has 0 aliphatic carbocycles. The van der Waals surface area contributed by atoms with E-state index in [2.05, 4.69) is 10.1 Å². The van der Waals surface area contributed by atoms with Crippen LogP contribution in [0.3, 0.4) is 0 Å². The Morgan fingerprint density at radius 2 is 1.48 bits per heavy atom. The maximum atomic E-state index is 12.0. The van der Waals surface area contributed by atoms with Gasteiger partial charge in [0.05, 0.1) is 20.6 Å². The molecule has 1 atom stereocenters. The van der Waals surface area contributed by atoms with Crippen molar-refractivity contribution in [1.82, 2.24) is 5.32 Å². The monoisotopic (exact) mass is 369 g/mol. The molecule has 0 radical (unpaired) electrons. The predicted octanol–water partition coefficient (Wildman–Crippen LogP) is 2.51. The molecule has 6 heteroatoms. The Kier molecular flexibility index (Phi) is 7.55. The smallest absolute Gasteiger partial charge is 0.328 e. The van der Waals surface area contributed by atoms with Crippen molar-refractivity contribution in [3.63, 3.8) is 0 Å². The van der Waals surface area contributed by atoms with E-state index >= 15 is 0 Å². The second kappa shape index (κ2) is 10.1. The number of nitrogens with one attached hydrogen (secondary N) is 1. The van der Waals surface area contributed by atoms with Crippen LogP contribution in [-0.4, -0.2) is 38.1 Å². The van der Waals surface area contributed by atoms with E-state index < -0.39 is 23.9 Å². The van der Waals surface area contributed by atoms with Gasteiger partial charge in [0, 0.05) is 12.8 Å². The SMILES string of the molecule is COC(=O)CCC(=O)N[C@@H](Cc1ccc(-c2ccccc2)cc1)C(=O)OC. The van der Waals surface area contributed by atoms with E-state index in [9.17, 15) is 14.4 Å². The molecule has 0 aliphatic heterocycles. The molecule has 142 valence electrons. The van der Waals surface area contributed by atoms with Gasteiger partial charge in [-0.1, -0.05) is 54.6 Å². The molecule has 6 nitrogen and oxygen atoms in total. The molecule has 2 rings (SSSR count). The van der Waals surface area contributed by atoms with Crippen molar-refractivity contribution in [3.05, 3.63) is 60.2 Å². The number of esters is 2. The van der Waals surface area contributed by atoms with E-state index in [1.807, 2.05) is 54.6 Å². The van der Waals surface area contributed by atoms with E-state index in [0.717, 1.165) is 16.7 Å². The fourth-order valence-corrected chi connectivity index (χ4v) is 2.62. The van der Waals surface area contributed by atoms with Crippen molar-refractivity contribution in [2.45, 2.75) is 25.3 Å². The molecule has 0 saturated carbocycles. The summed E-state index contributed by atoms with van der Waals surface area (Å²) in [6.45, 7) is 0. The minimum absolute atomic E-state index is 0.0397. The summed E-state index contributed by atoms with van der Waals surface area (Å²) in [5, 5.41) is 2.62. The number of methoxy groups -OCH3 is 2. The third-order valence-electron chi connectivity index (χ3n) is 4.11. The molecule has 0 spiro atoms. The molecule has 1 N–H and O–H groups in total. The number of benzene rings is 2. The first-order valence-electron chi connectivity index (χ1n) is 8.62. The van der Waals surface area contributed by atoms with Crippen LogP contribution in [0, 0.1) is 0 Å². The largest absolute Gasteiger partial charge is 0.469 e. The Morgan fingerprint density at radius 3 is 2.07 bits per heavy atom. The Labute approximate surface area is 158 Å². The first kappa shape index (κ1) is 20.2. The van der Waals surface area contributed by atoms with Gasteiger partial charge in [-0.15, -0.1) is 0 Å². The van der Waals surface area contributed by atoms with Gasteiger partial charge in [-0.2, -0.15) is 0 Å². The van der Waals surface area contributed by atoms with Crippen LogP contribution >= 0.6 is 0 Å². The standard InChI is InChI=1S/C21H23NO5/c1-26-20(24)13-12-19(23)22-18(21(25)27-2)14-15-8-10-17(11-9-15)16-6-4-3-5-7-16/h3-11,18H,12-14H2,1-2H3,(H,22,23)/t18-/m0/s1. The van der Waals surface area contributed by atoms with Crippen LogP contribution in [0.5, 0.6) is 0 Å². The number of amides is 1. The number of carbonyl (C=O) groups is 3. The molecule has 0 aromatic heterocycles. The zero-order chi connectivity index (χ0) is 19.6. The fraction of sp³-hybridized carbons (Fsp3) is 0.286. The van der Waals surface area contributed by atoms with Crippen molar-refractivity contribution in [1.29, 1.82) is 0 Å². The minimum Gasteiger partial charge on any atom is -0.469 e. The Morgan fingerprint density at radius 1 is 0.852 bits per heavy atom. The number of ether oxygens (including phenoxy) is 2. The number of carbonyl (C=O) groups excluding carboxylic acids is 3. The van der Waals surface area contributed by atoms with Crippen LogP contribution in [-0.2, 0) is 30.3 Å². The maximum absolute atomic E-state index is 12.0. The van der Waals surface area contributed by atoms with Crippen molar-refractivity contribution in [3.8, 4) is 11.1 Å². The topological polar surface area (TPSA) is 81.7 Å². The van der Waals surface area contributed by atoms with Gasteiger partial charge in [0.1, 0.15) is 6.04 Å². The highest BCUT2D eigenvalue weighted by atomic mass is 16.5. The molecular weight excluding hydrogens is 346 g/mol.